The molecule has 0 saturated heterocycles. The molecule has 47 heavy (non-hydrogen) atoms. The van der Waals surface area contributed by atoms with E-state index in [9.17, 15) is 9.18 Å². The highest BCUT2D eigenvalue weighted by atomic mass is 32.1. The van der Waals surface area contributed by atoms with Gasteiger partial charge in [-0.3, -0.25) is 14.7 Å². The van der Waals surface area contributed by atoms with Crippen LogP contribution in [0.1, 0.15) is 11.1 Å². The predicted octanol–water partition coefficient (Wildman–Crippen LogP) is 7.18. The van der Waals surface area contributed by atoms with Crippen LogP contribution in [0.15, 0.2) is 85.1 Å². The molecule has 12 heteroatoms. The summed E-state index contributed by atoms with van der Waals surface area (Å²) in [6.45, 7) is 3.63. The Bertz CT molecular complexity index is 1830. The van der Waals surface area contributed by atoms with Crippen LogP contribution < -0.4 is 15.4 Å². The molecule has 0 spiro atoms. The molecule has 0 aliphatic rings. The highest BCUT2D eigenvalue weighted by molar-refractivity contribution is 7.80. The zero-order valence-electron chi connectivity index (χ0n) is 25.9. The summed E-state index contributed by atoms with van der Waals surface area (Å²) in [5.74, 6) is -0.874. The second kappa shape index (κ2) is 16.5. The first-order valence-corrected chi connectivity index (χ1v) is 16.0. The summed E-state index contributed by atoms with van der Waals surface area (Å²) in [6.07, 6.45) is 1.65. The average molecular weight is 677 g/mol. The maximum Gasteiger partial charge on any atom is 0.230 e. The average Bonchev–Trinajstić information content (AvgIpc) is 3.50. The minimum atomic E-state index is -0.614. The molecule has 8 nitrogen and oxygen atoms in total. The zero-order valence-corrected chi connectivity index (χ0v) is 27.6. The van der Waals surface area contributed by atoms with Crippen LogP contribution in [0.4, 0.5) is 14.5 Å². The number of anilines is 1. The Kier molecular flexibility index (Phi) is 11.9. The summed E-state index contributed by atoms with van der Waals surface area (Å²) >= 11 is 6.74. The van der Waals surface area contributed by atoms with E-state index >= 15 is 4.39 Å². The molecule has 2 heterocycles. The first-order valence-electron chi connectivity index (χ1n) is 14.8. The molecular weight excluding hydrogens is 643 g/mol. The third-order valence-corrected chi connectivity index (χ3v) is 8.55. The van der Waals surface area contributed by atoms with Gasteiger partial charge in [0.1, 0.15) is 11.6 Å². The summed E-state index contributed by atoms with van der Waals surface area (Å²) < 4.78 is 45.7. The topological polar surface area (TPSA) is 85.0 Å². The van der Waals surface area contributed by atoms with E-state index in [1.807, 2.05) is 12.1 Å². The van der Waals surface area contributed by atoms with Gasteiger partial charge in [-0.2, -0.15) is 0 Å². The number of nitrogens with one attached hydrogen (secondary N) is 2. The summed E-state index contributed by atoms with van der Waals surface area (Å²) in [5, 5.41) is 5.36. The first kappa shape index (κ1) is 34.0. The SMILES string of the molecule is COCCN(CCOC)Cc1cccc(-c2cc3nccc(Oc4ccc(NC(=S)NC(=O)Cc5ccc(F)cc5)cc4F)c3s2)c1. The Hall–Kier alpha value is -4.33. The molecule has 0 bridgehead atoms. The Labute approximate surface area is 281 Å². The summed E-state index contributed by atoms with van der Waals surface area (Å²) in [4.78, 5) is 20.1. The number of amides is 1. The fourth-order valence-corrected chi connectivity index (χ4v) is 6.12. The number of thiocarbonyl (C=S) groups is 1. The molecule has 0 aliphatic heterocycles. The lowest BCUT2D eigenvalue weighted by Gasteiger charge is -2.21. The third kappa shape index (κ3) is 9.60. The van der Waals surface area contributed by atoms with Crippen LogP contribution in [0.5, 0.6) is 11.5 Å². The van der Waals surface area contributed by atoms with Crippen molar-refractivity contribution in [2.75, 3.05) is 45.8 Å². The number of nitrogens with zero attached hydrogens (tertiary/aromatic N) is 2. The van der Waals surface area contributed by atoms with Crippen molar-refractivity contribution in [3.8, 4) is 21.9 Å². The summed E-state index contributed by atoms with van der Waals surface area (Å²) in [5.41, 5.74) is 3.93. The maximum atomic E-state index is 15.2. The Balaban J connectivity index is 1.25. The van der Waals surface area contributed by atoms with Crippen molar-refractivity contribution in [1.29, 1.82) is 0 Å². The molecule has 1 amide bonds. The number of methoxy groups -OCH3 is 2. The monoisotopic (exact) mass is 676 g/mol. The van der Waals surface area contributed by atoms with Crippen molar-refractivity contribution in [3.05, 3.63) is 108 Å². The molecule has 3 aromatic carbocycles. The van der Waals surface area contributed by atoms with Gasteiger partial charge in [0.15, 0.2) is 16.7 Å². The Morgan fingerprint density at radius 2 is 1.68 bits per heavy atom. The Morgan fingerprint density at radius 1 is 0.915 bits per heavy atom. The second-order valence-electron chi connectivity index (χ2n) is 10.6. The molecule has 2 aromatic heterocycles. The number of carbonyl (C=O) groups excluding carboxylic acids is 1. The van der Waals surface area contributed by atoms with E-state index in [1.165, 1.54) is 53.3 Å². The first-order chi connectivity index (χ1) is 22.8. The highest BCUT2D eigenvalue weighted by Gasteiger charge is 2.15. The van der Waals surface area contributed by atoms with Gasteiger partial charge in [-0.15, -0.1) is 11.3 Å². The minimum absolute atomic E-state index is 0.00821. The van der Waals surface area contributed by atoms with Gasteiger partial charge in [0, 0.05) is 62.7 Å². The van der Waals surface area contributed by atoms with Crippen molar-refractivity contribution < 1.29 is 27.8 Å². The predicted molar refractivity (Wildman–Crippen MR) is 185 cm³/mol. The number of ether oxygens (including phenoxy) is 3. The zero-order chi connectivity index (χ0) is 33.2. The maximum absolute atomic E-state index is 15.2. The number of aromatic nitrogens is 1. The fourth-order valence-electron chi connectivity index (χ4n) is 4.83. The number of carbonyl (C=O) groups is 1. The van der Waals surface area contributed by atoms with Crippen LogP contribution in [-0.2, 0) is 27.2 Å². The van der Waals surface area contributed by atoms with Gasteiger partial charge in [0.05, 0.1) is 29.9 Å². The fraction of sp³-hybridized carbons (Fsp3) is 0.229. The van der Waals surface area contributed by atoms with E-state index in [1.54, 1.807) is 32.5 Å². The second-order valence-corrected chi connectivity index (χ2v) is 12.1. The lowest BCUT2D eigenvalue weighted by Crippen LogP contribution is -2.35. The number of rotatable bonds is 14. The molecule has 0 unspecified atom stereocenters. The molecule has 0 atom stereocenters. The molecule has 0 aliphatic carbocycles. The van der Waals surface area contributed by atoms with E-state index in [-0.39, 0.29) is 29.0 Å². The van der Waals surface area contributed by atoms with Gasteiger partial charge in [-0.25, -0.2) is 8.78 Å². The van der Waals surface area contributed by atoms with Gasteiger partial charge in [0.25, 0.3) is 0 Å². The molecule has 5 rings (SSSR count). The number of hydrogen-bond donors (Lipinski definition) is 2. The van der Waals surface area contributed by atoms with Crippen LogP contribution in [0.3, 0.4) is 0 Å². The van der Waals surface area contributed by atoms with Crippen molar-refractivity contribution in [1.82, 2.24) is 15.2 Å². The minimum Gasteiger partial charge on any atom is -0.453 e. The largest absolute Gasteiger partial charge is 0.453 e. The number of benzene rings is 3. The van der Waals surface area contributed by atoms with Crippen LogP contribution >= 0.6 is 23.6 Å². The van der Waals surface area contributed by atoms with E-state index < -0.39 is 5.82 Å². The summed E-state index contributed by atoms with van der Waals surface area (Å²) in [7, 11) is 3.40. The van der Waals surface area contributed by atoms with E-state index in [0.717, 1.165) is 40.3 Å². The standard InChI is InChI=1S/C35H34F2N4O4S2/c1-43-16-14-41(15-17-44-2)22-24-4-3-5-25(18-24)32-21-29-34(47-32)31(12-13-38-29)45-30-11-10-27(20-28(30)37)39-35(46)40-33(42)19-23-6-8-26(36)9-7-23/h3-13,18,20-21H,14-17,19,22H2,1-2H3,(H2,39,40,42,46). The Morgan fingerprint density at radius 3 is 2.40 bits per heavy atom. The van der Waals surface area contributed by atoms with Gasteiger partial charge in [0.2, 0.25) is 5.91 Å². The molecule has 0 radical (unpaired) electrons. The van der Waals surface area contributed by atoms with Gasteiger partial charge >= 0.3 is 0 Å². The van der Waals surface area contributed by atoms with Gasteiger partial charge < -0.3 is 24.8 Å². The van der Waals surface area contributed by atoms with Crippen molar-refractivity contribution in [2.45, 2.75) is 13.0 Å². The lowest BCUT2D eigenvalue weighted by molar-refractivity contribution is -0.119. The molecule has 0 fully saturated rings. The van der Waals surface area contributed by atoms with E-state index in [4.69, 9.17) is 26.4 Å². The number of hydrogen-bond acceptors (Lipinski definition) is 8. The molecule has 5 aromatic rings. The summed E-state index contributed by atoms with van der Waals surface area (Å²) in [6, 6.07) is 22.0. The quantitative estimate of drug-likeness (QED) is 0.120. The van der Waals surface area contributed by atoms with Crippen molar-refractivity contribution in [3.63, 3.8) is 0 Å². The van der Waals surface area contributed by atoms with Crippen LogP contribution in [0.25, 0.3) is 20.7 Å². The number of thiophene rings is 1. The van der Waals surface area contributed by atoms with Crippen molar-refractivity contribution in [2.24, 2.45) is 0 Å². The van der Waals surface area contributed by atoms with Gasteiger partial charge in [-0.05, 0) is 65.3 Å². The molecule has 244 valence electrons. The van der Waals surface area contributed by atoms with Crippen molar-refractivity contribution >= 4 is 50.5 Å². The van der Waals surface area contributed by atoms with Crippen LogP contribution in [-0.4, -0.2) is 61.4 Å². The lowest BCUT2D eigenvalue weighted by atomic mass is 10.1. The number of halogens is 2. The number of fused-ring (bicyclic) bond motifs is 1. The van der Waals surface area contributed by atoms with E-state index in [0.29, 0.717) is 30.2 Å². The molecule has 2 N–H and O–H groups in total. The normalized spacial score (nSPS) is 11.2. The number of pyridine rings is 1. The highest BCUT2D eigenvalue weighted by Crippen LogP contribution is 2.40. The van der Waals surface area contributed by atoms with Gasteiger partial charge in [-0.1, -0.05) is 30.3 Å². The molecule has 0 saturated carbocycles. The van der Waals surface area contributed by atoms with Crippen LogP contribution in [0.2, 0.25) is 0 Å². The van der Waals surface area contributed by atoms with Crippen LogP contribution in [0, 0.1) is 11.6 Å². The molecular formula is C35H34F2N4O4S2. The third-order valence-electron chi connectivity index (χ3n) is 7.16. The smallest absolute Gasteiger partial charge is 0.230 e. The van der Waals surface area contributed by atoms with E-state index in [2.05, 4.69) is 38.7 Å².